The number of nitrogens with zero attached hydrogens (tertiary/aromatic N) is 1. The fourth-order valence-electron chi connectivity index (χ4n) is 1.63. The van der Waals surface area contributed by atoms with Gasteiger partial charge in [0.1, 0.15) is 5.75 Å². The van der Waals surface area contributed by atoms with Gasteiger partial charge in [0.2, 0.25) is 5.91 Å². The largest absolute Gasteiger partial charge is 0.506 e. The third-order valence-electron chi connectivity index (χ3n) is 2.52. The number of hydrogen-bond acceptors (Lipinski definition) is 5. The van der Waals surface area contributed by atoms with E-state index in [0.29, 0.717) is 0 Å². The van der Waals surface area contributed by atoms with Gasteiger partial charge in [0, 0.05) is 25.0 Å². The predicted molar refractivity (Wildman–Crippen MR) is 69.4 cm³/mol. The quantitative estimate of drug-likeness (QED) is 0.414. The number of hydrogen-bond donors (Lipinski definition) is 3. The Hall–Kier alpha value is -2.64. The molecule has 0 radical (unpaired) electrons. The number of carbonyl (C=O) groups excluding carboxylic acids is 1. The molecule has 0 aromatic heterocycles. The standard InChI is InChI=1S/C12H14N2O6/c1-7(5-12(17)18)4-11(16)13-9-6-8(14(19)20)2-3-10(9)15/h2-3,6-7,15H,4-5H2,1H3,(H,13,16)(H,17,18)/t7-/m0/s1. The van der Waals surface area contributed by atoms with E-state index < -0.39 is 16.8 Å². The first-order valence-electron chi connectivity index (χ1n) is 5.78. The zero-order valence-electron chi connectivity index (χ0n) is 10.7. The third kappa shape index (κ3) is 4.56. The lowest BCUT2D eigenvalue weighted by Crippen LogP contribution is -2.17. The van der Waals surface area contributed by atoms with Crippen LogP contribution in [-0.4, -0.2) is 27.0 Å². The summed E-state index contributed by atoms with van der Waals surface area (Å²) in [5, 5.41) is 31.0. The van der Waals surface area contributed by atoms with E-state index in [1.807, 2.05) is 0 Å². The first kappa shape index (κ1) is 15.4. The SMILES string of the molecule is C[C@H](CC(=O)O)CC(=O)Nc1cc([N+](=O)[O-])ccc1O. The number of aliphatic carboxylic acids is 1. The number of rotatable bonds is 6. The molecule has 108 valence electrons. The van der Waals surface area contributed by atoms with Crippen LogP contribution in [0.2, 0.25) is 0 Å². The van der Waals surface area contributed by atoms with Gasteiger partial charge in [0.25, 0.3) is 5.69 Å². The number of benzene rings is 1. The van der Waals surface area contributed by atoms with Crippen LogP contribution in [0.3, 0.4) is 0 Å². The van der Waals surface area contributed by atoms with Crippen LogP contribution in [-0.2, 0) is 9.59 Å². The van der Waals surface area contributed by atoms with Gasteiger partial charge in [-0.05, 0) is 12.0 Å². The zero-order valence-corrected chi connectivity index (χ0v) is 10.7. The molecule has 0 saturated carbocycles. The average Bonchev–Trinajstić information content (AvgIpc) is 2.30. The van der Waals surface area contributed by atoms with Crippen molar-refractivity contribution in [3.63, 3.8) is 0 Å². The van der Waals surface area contributed by atoms with Gasteiger partial charge >= 0.3 is 5.97 Å². The van der Waals surface area contributed by atoms with E-state index in [4.69, 9.17) is 5.11 Å². The maximum absolute atomic E-state index is 11.7. The van der Waals surface area contributed by atoms with Crippen LogP contribution >= 0.6 is 0 Å². The maximum Gasteiger partial charge on any atom is 0.303 e. The lowest BCUT2D eigenvalue weighted by molar-refractivity contribution is -0.384. The minimum atomic E-state index is -1.01. The molecule has 0 fully saturated rings. The molecule has 20 heavy (non-hydrogen) atoms. The van der Waals surface area contributed by atoms with E-state index in [1.165, 1.54) is 0 Å². The summed E-state index contributed by atoms with van der Waals surface area (Å²) in [7, 11) is 0. The van der Waals surface area contributed by atoms with Crippen LogP contribution in [0.5, 0.6) is 5.75 Å². The molecule has 0 heterocycles. The molecule has 1 rings (SSSR count). The van der Waals surface area contributed by atoms with Crippen molar-refractivity contribution in [2.75, 3.05) is 5.32 Å². The molecule has 1 amide bonds. The van der Waals surface area contributed by atoms with Gasteiger partial charge in [0.05, 0.1) is 10.6 Å². The number of phenols is 1. The first-order valence-corrected chi connectivity index (χ1v) is 5.78. The minimum Gasteiger partial charge on any atom is -0.506 e. The van der Waals surface area contributed by atoms with E-state index in [2.05, 4.69) is 5.32 Å². The highest BCUT2D eigenvalue weighted by molar-refractivity contribution is 5.93. The second-order valence-electron chi connectivity index (χ2n) is 4.41. The van der Waals surface area contributed by atoms with Crippen molar-refractivity contribution in [1.29, 1.82) is 0 Å². The fraction of sp³-hybridized carbons (Fsp3) is 0.333. The summed E-state index contributed by atoms with van der Waals surface area (Å²) in [5.74, 6) is -2.21. The summed E-state index contributed by atoms with van der Waals surface area (Å²) in [6, 6.07) is 3.25. The Kier molecular flexibility index (Phi) is 5.01. The Balaban J connectivity index is 2.72. The molecule has 0 aliphatic rings. The van der Waals surface area contributed by atoms with Gasteiger partial charge in [-0.15, -0.1) is 0 Å². The molecular formula is C12H14N2O6. The topological polar surface area (TPSA) is 130 Å². The Labute approximate surface area is 114 Å². The van der Waals surface area contributed by atoms with Crippen molar-refractivity contribution < 1.29 is 24.7 Å². The number of carboxylic acids is 1. The van der Waals surface area contributed by atoms with Crippen molar-refractivity contribution in [3.8, 4) is 5.75 Å². The highest BCUT2D eigenvalue weighted by Crippen LogP contribution is 2.28. The van der Waals surface area contributed by atoms with E-state index in [-0.39, 0.29) is 35.9 Å². The predicted octanol–water partition coefficient (Wildman–Crippen LogP) is 1.74. The number of anilines is 1. The summed E-state index contributed by atoms with van der Waals surface area (Å²) in [6.07, 6.45) is -0.219. The molecule has 0 unspecified atom stereocenters. The Morgan fingerprint density at radius 2 is 2.05 bits per heavy atom. The molecule has 8 heteroatoms. The number of non-ortho nitro benzene ring substituents is 1. The van der Waals surface area contributed by atoms with E-state index in [9.17, 15) is 24.8 Å². The molecule has 0 spiro atoms. The van der Waals surface area contributed by atoms with Crippen LogP contribution < -0.4 is 5.32 Å². The van der Waals surface area contributed by atoms with Crippen LogP contribution in [0.15, 0.2) is 18.2 Å². The van der Waals surface area contributed by atoms with Gasteiger partial charge < -0.3 is 15.5 Å². The first-order chi connectivity index (χ1) is 9.29. The number of nitro benzene ring substituents is 1. The third-order valence-corrected chi connectivity index (χ3v) is 2.52. The molecule has 0 aliphatic carbocycles. The molecule has 0 saturated heterocycles. The summed E-state index contributed by atoms with van der Waals surface area (Å²) >= 11 is 0. The van der Waals surface area contributed by atoms with E-state index in [1.54, 1.807) is 6.92 Å². The van der Waals surface area contributed by atoms with E-state index in [0.717, 1.165) is 18.2 Å². The number of carbonyl (C=O) groups is 2. The van der Waals surface area contributed by atoms with Gasteiger partial charge in [0.15, 0.2) is 0 Å². The molecule has 3 N–H and O–H groups in total. The van der Waals surface area contributed by atoms with Crippen molar-refractivity contribution >= 4 is 23.3 Å². The number of amides is 1. The molecule has 0 aliphatic heterocycles. The summed E-state index contributed by atoms with van der Waals surface area (Å²) < 4.78 is 0. The Bertz CT molecular complexity index is 543. The average molecular weight is 282 g/mol. The lowest BCUT2D eigenvalue weighted by atomic mass is 10.0. The van der Waals surface area contributed by atoms with Gasteiger partial charge in [-0.1, -0.05) is 6.92 Å². The van der Waals surface area contributed by atoms with Gasteiger partial charge in [-0.3, -0.25) is 19.7 Å². The highest BCUT2D eigenvalue weighted by atomic mass is 16.6. The van der Waals surface area contributed by atoms with E-state index >= 15 is 0 Å². The number of nitrogens with one attached hydrogen (secondary N) is 1. The van der Waals surface area contributed by atoms with Crippen LogP contribution in [0.4, 0.5) is 11.4 Å². The number of aromatic hydroxyl groups is 1. The maximum atomic E-state index is 11.7. The summed E-state index contributed by atoms with van der Waals surface area (Å²) in [4.78, 5) is 32.1. The van der Waals surface area contributed by atoms with Gasteiger partial charge in [-0.25, -0.2) is 0 Å². The molecule has 8 nitrogen and oxygen atoms in total. The number of phenolic OH excluding ortho intramolecular Hbond substituents is 1. The van der Waals surface area contributed by atoms with Crippen molar-refractivity contribution in [1.82, 2.24) is 0 Å². The van der Waals surface area contributed by atoms with Crippen molar-refractivity contribution in [2.45, 2.75) is 19.8 Å². The minimum absolute atomic E-state index is 0.0611. The second kappa shape index (κ2) is 6.50. The smallest absolute Gasteiger partial charge is 0.303 e. The normalized spacial score (nSPS) is 11.7. The van der Waals surface area contributed by atoms with Crippen LogP contribution in [0, 0.1) is 16.0 Å². The summed E-state index contributed by atoms with van der Waals surface area (Å²) in [6.45, 7) is 1.60. The Morgan fingerprint density at radius 1 is 1.40 bits per heavy atom. The molecular weight excluding hydrogens is 268 g/mol. The van der Waals surface area contributed by atoms with Crippen LogP contribution in [0.1, 0.15) is 19.8 Å². The zero-order chi connectivity index (χ0) is 15.3. The van der Waals surface area contributed by atoms with Gasteiger partial charge in [-0.2, -0.15) is 0 Å². The number of nitro groups is 1. The number of carboxylic acid groups (broad SMARTS) is 1. The molecule has 1 aromatic carbocycles. The Morgan fingerprint density at radius 3 is 2.60 bits per heavy atom. The highest BCUT2D eigenvalue weighted by Gasteiger charge is 2.16. The molecule has 1 aromatic rings. The fourth-order valence-corrected chi connectivity index (χ4v) is 1.63. The van der Waals surface area contributed by atoms with Crippen molar-refractivity contribution in [3.05, 3.63) is 28.3 Å². The monoisotopic (exact) mass is 282 g/mol. The molecule has 1 atom stereocenters. The van der Waals surface area contributed by atoms with Crippen LogP contribution in [0.25, 0.3) is 0 Å². The lowest BCUT2D eigenvalue weighted by Gasteiger charge is -2.10. The second-order valence-corrected chi connectivity index (χ2v) is 4.41. The summed E-state index contributed by atoms with van der Waals surface area (Å²) in [5.41, 5.74) is -0.344. The van der Waals surface area contributed by atoms with Crippen molar-refractivity contribution in [2.24, 2.45) is 5.92 Å². The molecule has 0 bridgehead atoms.